The van der Waals surface area contributed by atoms with E-state index in [1.807, 2.05) is 12.1 Å². The lowest BCUT2D eigenvalue weighted by atomic mass is 9.99. The second-order valence-corrected chi connectivity index (χ2v) is 10.9. The van der Waals surface area contributed by atoms with Crippen LogP contribution >= 0.6 is 0 Å². The zero-order valence-electron chi connectivity index (χ0n) is 23.4. The number of methoxy groups -OCH3 is 4. The Hall–Kier alpha value is -5.18. The molecule has 0 amide bonds. The number of benzene rings is 2. The van der Waals surface area contributed by atoms with Gasteiger partial charge in [0, 0.05) is 18.9 Å². The summed E-state index contributed by atoms with van der Waals surface area (Å²) in [4.78, 5) is 4.19. The molecule has 0 fully saturated rings. The third-order valence-electron chi connectivity index (χ3n) is 6.51. The predicted octanol–water partition coefficient (Wildman–Crippen LogP) is 3.62. The van der Waals surface area contributed by atoms with Gasteiger partial charge >= 0.3 is 0 Å². The maximum atomic E-state index is 13.8. The maximum absolute atomic E-state index is 13.8. The van der Waals surface area contributed by atoms with Gasteiger partial charge in [-0.2, -0.15) is 10.5 Å². The van der Waals surface area contributed by atoms with E-state index in [0.29, 0.717) is 34.1 Å². The summed E-state index contributed by atoms with van der Waals surface area (Å²) < 4.78 is 53.7. The van der Waals surface area contributed by atoms with E-state index in [2.05, 4.69) is 19.9 Å². The van der Waals surface area contributed by atoms with Crippen LogP contribution in [0.1, 0.15) is 29.7 Å². The van der Waals surface area contributed by atoms with Gasteiger partial charge in [-0.1, -0.05) is 12.1 Å². The van der Waals surface area contributed by atoms with Gasteiger partial charge in [-0.3, -0.25) is 14.3 Å². The number of aromatic nitrogens is 4. The summed E-state index contributed by atoms with van der Waals surface area (Å²) in [5.41, 5.74) is 1.50. The lowest BCUT2D eigenvalue weighted by molar-refractivity contribution is 0.102. The first-order valence-corrected chi connectivity index (χ1v) is 13.9. The summed E-state index contributed by atoms with van der Waals surface area (Å²) in [6, 6.07) is 15.1. The Bertz CT molecular complexity index is 1770. The molecular weight excluding hydrogens is 562 g/mol. The third-order valence-corrected chi connectivity index (χ3v) is 8.20. The van der Waals surface area contributed by atoms with Crippen molar-refractivity contribution >= 4 is 16.0 Å². The molecule has 0 unspecified atom stereocenters. The number of pyridine rings is 1. The second kappa shape index (κ2) is 12.6. The van der Waals surface area contributed by atoms with Crippen LogP contribution in [-0.4, -0.2) is 61.9 Å². The lowest BCUT2D eigenvalue weighted by Crippen LogP contribution is -2.33. The maximum Gasteiger partial charge on any atom is 0.243 e. The molecule has 0 saturated carbocycles. The molecule has 2 aromatic carbocycles. The molecule has 2 atom stereocenters. The number of hydrogen-bond acceptors (Lipinski definition) is 11. The first kappa shape index (κ1) is 29.8. The summed E-state index contributed by atoms with van der Waals surface area (Å²) in [6.07, 6.45) is 1.98. The molecule has 0 aliphatic rings. The molecule has 2 heterocycles. The van der Waals surface area contributed by atoms with Crippen molar-refractivity contribution in [2.45, 2.75) is 18.3 Å². The van der Waals surface area contributed by atoms with E-state index < -0.39 is 21.4 Å². The van der Waals surface area contributed by atoms with Gasteiger partial charge in [0.2, 0.25) is 16.0 Å². The highest BCUT2D eigenvalue weighted by atomic mass is 32.2. The van der Waals surface area contributed by atoms with Crippen LogP contribution in [0.4, 0.5) is 5.95 Å². The zero-order chi connectivity index (χ0) is 30.4. The Morgan fingerprint density at radius 3 is 2.24 bits per heavy atom. The van der Waals surface area contributed by atoms with Crippen LogP contribution in [0.2, 0.25) is 0 Å². The fraction of sp³-hybridized carbons (Fsp3) is 0.250. The summed E-state index contributed by atoms with van der Waals surface area (Å²) in [6.45, 7) is 1.44. The summed E-state index contributed by atoms with van der Waals surface area (Å²) in [7, 11) is 1.51. The van der Waals surface area contributed by atoms with Crippen molar-refractivity contribution in [1.82, 2.24) is 19.7 Å². The van der Waals surface area contributed by atoms with Crippen molar-refractivity contribution < 1.29 is 27.4 Å². The molecule has 0 spiro atoms. The largest absolute Gasteiger partial charge is 0.495 e. The Labute approximate surface area is 242 Å². The van der Waals surface area contributed by atoms with E-state index in [1.165, 1.54) is 70.5 Å². The molecule has 13 nitrogen and oxygen atoms in total. The van der Waals surface area contributed by atoms with Gasteiger partial charge in [0.15, 0.2) is 5.82 Å². The van der Waals surface area contributed by atoms with Gasteiger partial charge in [-0.15, -0.1) is 10.2 Å². The van der Waals surface area contributed by atoms with Gasteiger partial charge in [-0.05, 0) is 42.8 Å². The molecule has 42 heavy (non-hydrogen) atoms. The van der Waals surface area contributed by atoms with Gasteiger partial charge in [0.1, 0.15) is 34.3 Å². The molecule has 0 saturated heterocycles. The third kappa shape index (κ3) is 5.67. The van der Waals surface area contributed by atoms with Crippen molar-refractivity contribution in [2.24, 2.45) is 0 Å². The van der Waals surface area contributed by atoms with Crippen LogP contribution < -0.4 is 18.9 Å². The smallest absolute Gasteiger partial charge is 0.243 e. The Morgan fingerprint density at radius 1 is 0.929 bits per heavy atom. The topological polar surface area (TPSA) is 174 Å². The molecule has 1 N–H and O–H groups in total. The molecule has 0 bridgehead atoms. The quantitative estimate of drug-likeness (QED) is 0.270. The number of nitriles is 2. The Kier molecular flexibility index (Phi) is 8.90. The number of ether oxygens (including phenoxy) is 4. The number of nitrogens with zero attached hydrogens (tertiary/aromatic N) is 6. The van der Waals surface area contributed by atoms with Crippen molar-refractivity contribution in [1.29, 1.82) is 10.5 Å². The average molecular weight is 590 g/mol. The van der Waals surface area contributed by atoms with E-state index in [9.17, 15) is 18.9 Å². The van der Waals surface area contributed by atoms with Crippen molar-refractivity contribution in [2.75, 3.05) is 33.2 Å². The average Bonchev–Trinajstić information content (AvgIpc) is 3.42. The molecule has 4 rings (SSSR count). The highest BCUT2D eigenvalue weighted by Gasteiger charge is 2.35. The van der Waals surface area contributed by atoms with E-state index in [1.54, 1.807) is 24.3 Å². The second-order valence-electron chi connectivity index (χ2n) is 8.84. The van der Waals surface area contributed by atoms with Crippen LogP contribution in [0.3, 0.4) is 0 Å². The number of para-hydroxylation sites is 1. The normalized spacial score (nSPS) is 12.5. The highest BCUT2D eigenvalue weighted by Crippen LogP contribution is 2.38. The molecule has 0 radical (unpaired) electrons. The number of nitrogens with one attached hydrogen (secondary N) is 1. The molecule has 14 heteroatoms. The zero-order valence-corrected chi connectivity index (χ0v) is 24.2. The summed E-state index contributed by atoms with van der Waals surface area (Å²) in [5, 5.41) is 26.1. The number of sulfonamides is 1. The van der Waals surface area contributed by atoms with Gasteiger partial charge in [-0.25, -0.2) is 8.42 Å². The molecule has 216 valence electrons. The molecule has 0 aliphatic carbocycles. The van der Waals surface area contributed by atoms with E-state index >= 15 is 0 Å². The first-order valence-electron chi connectivity index (χ1n) is 12.4. The lowest BCUT2D eigenvalue weighted by Gasteiger charge is -2.25. The minimum atomic E-state index is -4.26. The van der Waals surface area contributed by atoms with E-state index in [4.69, 9.17) is 18.9 Å². The Morgan fingerprint density at radius 2 is 1.64 bits per heavy atom. The number of hydrogen-bond donors (Lipinski definition) is 1. The van der Waals surface area contributed by atoms with Crippen molar-refractivity contribution in [3.8, 4) is 46.5 Å². The predicted molar refractivity (Wildman–Crippen MR) is 152 cm³/mol. The van der Waals surface area contributed by atoms with Gasteiger partial charge in [0.25, 0.3) is 0 Å². The van der Waals surface area contributed by atoms with Crippen LogP contribution in [0.25, 0.3) is 17.1 Å². The van der Waals surface area contributed by atoms with Gasteiger partial charge < -0.3 is 18.9 Å². The minimum Gasteiger partial charge on any atom is -0.495 e. The van der Waals surface area contributed by atoms with E-state index in [0.717, 1.165) is 0 Å². The summed E-state index contributed by atoms with van der Waals surface area (Å²) in [5.74, 6) is 1.20. The number of rotatable bonds is 11. The van der Waals surface area contributed by atoms with Gasteiger partial charge in [0.05, 0.1) is 50.8 Å². The van der Waals surface area contributed by atoms with Crippen molar-refractivity contribution in [3.05, 3.63) is 71.5 Å². The first-order chi connectivity index (χ1) is 20.2. The van der Waals surface area contributed by atoms with Crippen LogP contribution in [-0.2, 0) is 14.8 Å². The van der Waals surface area contributed by atoms with Crippen LogP contribution in [0.15, 0.2) is 54.9 Å². The molecular formula is C28H27N7O6S. The number of anilines is 1. The van der Waals surface area contributed by atoms with E-state index in [-0.39, 0.29) is 22.9 Å². The monoisotopic (exact) mass is 589 g/mol. The molecule has 0 aliphatic heterocycles. The van der Waals surface area contributed by atoms with Crippen LogP contribution in [0, 0.1) is 22.7 Å². The summed E-state index contributed by atoms with van der Waals surface area (Å²) >= 11 is 0. The molecule has 2 aromatic heterocycles. The van der Waals surface area contributed by atoms with Crippen molar-refractivity contribution in [3.63, 3.8) is 0 Å². The SMILES string of the molecule is COc1cncc(-c2nnc(NS(=O)(=O)[C@@H](C)[C@H](OC)c3ccc(C#N)cc3C#N)n2-c2c(OC)cccc2OC)c1. The molecule has 4 aromatic rings. The minimum absolute atomic E-state index is 0.123. The Balaban J connectivity index is 1.86. The standard InChI is InChI=1S/C28H27N7O6S/c1-17(26(41-5)22-10-9-18(13-29)11-19(22)14-30)42(36,37)34-28-33-32-27(20-12-21(38-2)16-31-15-20)35(28)25-23(39-3)7-6-8-24(25)40-4/h6-12,15-17,26H,1-5H3,(H,33,34)/t17-,26-/m0/s1. The van der Waals surface area contributed by atoms with Crippen LogP contribution in [0.5, 0.6) is 17.2 Å². The fourth-order valence-corrected chi connectivity index (χ4v) is 5.53. The fourth-order valence-electron chi connectivity index (χ4n) is 4.38. The highest BCUT2D eigenvalue weighted by molar-refractivity contribution is 7.93.